The number of aryl methyl sites for hydroxylation is 2. The average Bonchev–Trinajstić information content (AvgIpc) is 3.06. The van der Waals surface area contributed by atoms with Crippen LogP contribution in [0.25, 0.3) is 6.08 Å². The Morgan fingerprint density at radius 1 is 0.935 bits per heavy atom. The third-order valence-corrected chi connectivity index (χ3v) is 8.52. The van der Waals surface area contributed by atoms with Crippen molar-refractivity contribution in [3.63, 3.8) is 0 Å². The van der Waals surface area contributed by atoms with E-state index >= 15 is 0 Å². The molecule has 0 aliphatic carbocycles. The number of phenols is 1. The van der Waals surface area contributed by atoms with Crippen LogP contribution in [-0.4, -0.2) is 56.0 Å². The van der Waals surface area contributed by atoms with E-state index in [2.05, 4.69) is 5.32 Å². The SMILES string of the molecule is Cc1ccc(/C=C/C(=O)ONS(=O)(=O)c2cccc(CCCCOCCCCCCNC[C@@H](O)c3ccc(O)c(CO)c3)c2)cc1. The highest BCUT2D eigenvalue weighted by atomic mass is 32.2. The van der Waals surface area contributed by atoms with E-state index in [1.807, 2.05) is 42.1 Å². The number of hydrogen-bond donors (Lipinski definition) is 5. The molecule has 0 radical (unpaired) electrons. The van der Waals surface area contributed by atoms with E-state index in [9.17, 15) is 28.5 Å². The van der Waals surface area contributed by atoms with Gasteiger partial charge in [-0.1, -0.05) is 60.9 Å². The van der Waals surface area contributed by atoms with Crippen LogP contribution in [0.3, 0.4) is 0 Å². The minimum atomic E-state index is -4.02. The zero-order valence-corrected chi connectivity index (χ0v) is 27.2. The summed E-state index contributed by atoms with van der Waals surface area (Å²) in [6, 6.07) is 18.8. The van der Waals surface area contributed by atoms with Crippen LogP contribution >= 0.6 is 0 Å². The highest BCUT2D eigenvalue weighted by molar-refractivity contribution is 7.89. The van der Waals surface area contributed by atoms with E-state index in [0.29, 0.717) is 37.3 Å². The number of unbranched alkanes of at least 4 members (excludes halogenated alkanes) is 4. The van der Waals surface area contributed by atoms with Crippen LogP contribution in [0.15, 0.2) is 77.7 Å². The van der Waals surface area contributed by atoms with Gasteiger partial charge in [0.05, 0.1) is 17.6 Å². The van der Waals surface area contributed by atoms with E-state index in [4.69, 9.17) is 9.57 Å². The molecule has 0 aliphatic heterocycles. The fourth-order valence-corrected chi connectivity index (χ4v) is 5.48. The number of aliphatic hydroxyl groups is 2. The standard InChI is InChI=1S/C35H46N2O8S/c1-27-12-14-28(15-13-27)16-19-35(41)45-37-46(42,43)32-11-8-10-29(23-32)9-4-7-22-44-21-6-3-2-5-20-36-25-34(40)30-17-18-33(39)31(24-30)26-38/h8,10-19,23-24,34,36-40H,2-7,9,20-22,25-26H2,1H3/b19-16+/t34-/m1/s1. The van der Waals surface area contributed by atoms with Gasteiger partial charge in [-0.15, -0.1) is 0 Å². The van der Waals surface area contributed by atoms with Crippen LogP contribution in [0.2, 0.25) is 0 Å². The predicted molar refractivity (Wildman–Crippen MR) is 177 cm³/mol. The van der Waals surface area contributed by atoms with Gasteiger partial charge in [0.1, 0.15) is 5.75 Å². The lowest BCUT2D eigenvalue weighted by Crippen LogP contribution is -2.26. The Kier molecular flexibility index (Phi) is 15.9. The Labute approximate surface area is 272 Å². The van der Waals surface area contributed by atoms with Gasteiger partial charge in [-0.25, -0.2) is 13.2 Å². The molecule has 0 spiro atoms. The summed E-state index contributed by atoms with van der Waals surface area (Å²) in [6.45, 7) is 4.21. The Balaban J connectivity index is 1.21. The van der Waals surface area contributed by atoms with Gasteiger partial charge in [-0.05, 0) is 97.5 Å². The minimum Gasteiger partial charge on any atom is -0.508 e. The molecular formula is C35H46N2O8S. The summed E-state index contributed by atoms with van der Waals surface area (Å²) in [5.74, 6) is -0.804. The number of ether oxygens (including phenoxy) is 1. The maximum Gasteiger partial charge on any atom is 0.350 e. The average molecular weight is 655 g/mol. The second-order valence-corrected chi connectivity index (χ2v) is 12.8. The minimum absolute atomic E-state index is 0.0200. The molecule has 0 fully saturated rings. The quantitative estimate of drug-likeness (QED) is 0.0615. The number of nitrogens with one attached hydrogen (secondary N) is 2. The molecule has 11 heteroatoms. The van der Waals surface area contributed by atoms with Crippen molar-refractivity contribution in [1.29, 1.82) is 0 Å². The monoisotopic (exact) mass is 654 g/mol. The zero-order valence-electron chi connectivity index (χ0n) is 26.4. The first-order chi connectivity index (χ1) is 22.2. The second kappa shape index (κ2) is 19.8. The number of carbonyl (C=O) groups is 1. The number of carbonyl (C=O) groups excluding carboxylic acids is 1. The zero-order chi connectivity index (χ0) is 33.2. The van der Waals surface area contributed by atoms with Gasteiger partial charge in [-0.2, -0.15) is 0 Å². The van der Waals surface area contributed by atoms with Gasteiger partial charge < -0.3 is 30.2 Å². The Bertz CT molecular complexity index is 1490. The second-order valence-electron chi connectivity index (χ2n) is 11.1. The van der Waals surface area contributed by atoms with Crippen LogP contribution in [-0.2, 0) is 37.4 Å². The summed E-state index contributed by atoms with van der Waals surface area (Å²) in [7, 11) is -4.02. The number of sulfonamides is 1. The van der Waals surface area contributed by atoms with E-state index in [-0.39, 0.29) is 17.3 Å². The third-order valence-electron chi connectivity index (χ3n) is 7.34. The summed E-state index contributed by atoms with van der Waals surface area (Å²) in [5, 5.41) is 32.4. The van der Waals surface area contributed by atoms with Crippen molar-refractivity contribution < 1.29 is 38.1 Å². The van der Waals surface area contributed by atoms with Gasteiger partial charge >= 0.3 is 5.97 Å². The molecular weight excluding hydrogens is 608 g/mol. The number of aliphatic hydroxyl groups excluding tert-OH is 2. The van der Waals surface area contributed by atoms with Crippen molar-refractivity contribution in [1.82, 2.24) is 10.2 Å². The summed E-state index contributed by atoms with van der Waals surface area (Å²) >= 11 is 0. The van der Waals surface area contributed by atoms with Gasteiger partial charge in [0.2, 0.25) is 0 Å². The maximum atomic E-state index is 12.6. The molecule has 3 rings (SSSR count). The first kappa shape index (κ1) is 36.9. The Morgan fingerprint density at radius 3 is 2.43 bits per heavy atom. The molecule has 0 saturated carbocycles. The Hall–Kier alpha value is -3.58. The summed E-state index contributed by atoms with van der Waals surface area (Å²) in [6.07, 6.45) is 8.47. The van der Waals surface area contributed by atoms with Gasteiger partial charge in [0, 0.05) is 31.4 Å². The van der Waals surface area contributed by atoms with Crippen molar-refractivity contribution in [3.8, 4) is 5.75 Å². The van der Waals surface area contributed by atoms with Crippen molar-refractivity contribution in [3.05, 3.63) is 101 Å². The molecule has 10 nitrogen and oxygen atoms in total. The molecule has 0 amide bonds. The van der Waals surface area contributed by atoms with Crippen LogP contribution in [0.1, 0.15) is 72.4 Å². The molecule has 0 aromatic heterocycles. The molecule has 250 valence electrons. The number of aromatic hydroxyl groups is 1. The molecule has 0 saturated heterocycles. The van der Waals surface area contributed by atoms with Crippen LogP contribution in [0.5, 0.6) is 5.75 Å². The highest BCUT2D eigenvalue weighted by Gasteiger charge is 2.16. The summed E-state index contributed by atoms with van der Waals surface area (Å²) < 4.78 is 31.0. The van der Waals surface area contributed by atoms with Gasteiger partial charge in [0.25, 0.3) is 10.0 Å². The fourth-order valence-electron chi connectivity index (χ4n) is 4.63. The topological polar surface area (TPSA) is 154 Å². The molecule has 1 atom stereocenters. The molecule has 3 aromatic carbocycles. The van der Waals surface area contributed by atoms with Crippen molar-refractivity contribution in [2.75, 3.05) is 26.3 Å². The van der Waals surface area contributed by atoms with Gasteiger partial charge in [0.15, 0.2) is 0 Å². The molecule has 0 unspecified atom stereocenters. The number of benzene rings is 3. The molecule has 3 aromatic rings. The van der Waals surface area contributed by atoms with Crippen LogP contribution < -0.4 is 10.2 Å². The normalized spacial score (nSPS) is 12.4. The maximum absolute atomic E-state index is 12.6. The first-order valence-electron chi connectivity index (χ1n) is 15.6. The van der Waals surface area contributed by atoms with Crippen molar-refractivity contribution in [2.45, 2.75) is 69.5 Å². The summed E-state index contributed by atoms with van der Waals surface area (Å²) in [4.78, 5) is 18.7. The molecule has 5 N–H and O–H groups in total. The Morgan fingerprint density at radius 2 is 1.67 bits per heavy atom. The summed E-state index contributed by atoms with van der Waals surface area (Å²) in [5.41, 5.74) is 3.81. The lowest BCUT2D eigenvalue weighted by atomic mass is 10.1. The van der Waals surface area contributed by atoms with Crippen molar-refractivity contribution >= 4 is 22.1 Å². The molecule has 46 heavy (non-hydrogen) atoms. The first-order valence-corrected chi connectivity index (χ1v) is 17.1. The number of rotatable bonds is 21. The van der Waals surface area contributed by atoms with E-state index in [1.165, 1.54) is 12.1 Å². The van der Waals surface area contributed by atoms with E-state index in [1.54, 1.807) is 30.3 Å². The van der Waals surface area contributed by atoms with Gasteiger partial charge in [-0.3, -0.25) is 0 Å². The number of hydrogen-bond acceptors (Lipinski definition) is 9. The fraction of sp³-hybridized carbons (Fsp3) is 0.400. The van der Waals surface area contributed by atoms with Crippen molar-refractivity contribution in [2.24, 2.45) is 0 Å². The van der Waals surface area contributed by atoms with Crippen LogP contribution in [0.4, 0.5) is 0 Å². The third kappa shape index (κ3) is 13.4. The predicted octanol–water partition coefficient (Wildman–Crippen LogP) is 4.87. The smallest absolute Gasteiger partial charge is 0.350 e. The largest absolute Gasteiger partial charge is 0.508 e. The lowest BCUT2D eigenvalue weighted by Gasteiger charge is -2.14. The molecule has 0 bridgehead atoms. The highest BCUT2D eigenvalue weighted by Crippen LogP contribution is 2.22. The molecule has 0 heterocycles. The lowest BCUT2D eigenvalue weighted by molar-refractivity contribution is -0.141. The molecule has 0 aliphatic rings. The van der Waals surface area contributed by atoms with Crippen LogP contribution in [0, 0.1) is 6.92 Å². The van der Waals surface area contributed by atoms with E-state index in [0.717, 1.165) is 67.8 Å². The van der Waals surface area contributed by atoms with E-state index < -0.39 is 22.1 Å².